The second kappa shape index (κ2) is 14.7. The third-order valence-corrected chi connectivity index (χ3v) is 12.1. The summed E-state index contributed by atoms with van der Waals surface area (Å²) in [5.74, 6) is 0.627. The number of fused-ring (bicyclic) bond motifs is 9. The predicted molar refractivity (Wildman–Crippen MR) is 258 cm³/mol. The number of hydrogen-bond donors (Lipinski definition) is 0. The van der Waals surface area contributed by atoms with E-state index in [1.54, 1.807) is 0 Å². The Balaban J connectivity index is 1.14. The van der Waals surface area contributed by atoms with Gasteiger partial charge in [-0.15, -0.1) is 0 Å². The van der Waals surface area contributed by atoms with Gasteiger partial charge in [0, 0.05) is 33.0 Å². The predicted octanol–water partition coefficient (Wildman–Crippen LogP) is 15.0. The Morgan fingerprint density at radius 3 is 1.50 bits per heavy atom. The highest BCUT2D eigenvalue weighted by Crippen LogP contribution is 2.41. The first-order valence-electron chi connectivity index (χ1n) is 21.0. The molecule has 0 saturated carbocycles. The molecule has 62 heavy (non-hydrogen) atoms. The van der Waals surface area contributed by atoms with Crippen LogP contribution in [0.15, 0.2) is 219 Å². The van der Waals surface area contributed by atoms with E-state index in [0.29, 0.717) is 5.82 Å². The standard InChI is InChI=1S/C58H36N4/c1-3-17-37(18-4-1)43-22-9-14-28-49(43)54-35-53(38-19-5-2-6-20-38)61-58(62-54)42-32-40(52-34-39-21-7-8-23-44(39)45-24-10-11-27-48(45)52)31-41(33-42)55-36-59-56-50-29-15-12-25-46(50)47-26-13-16-30-51(47)57(56)60-55/h1-36H. The monoisotopic (exact) mass is 788 g/mol. The maximum Gasteiger partial charge on any atom is 0.160 e. The van der Waals surface area contributed by atoms with Gasteiger partial charge in [0.15, 0.2) is 5.82 Å². The van der Waals surface area contributed by atoms with Crippen molar-refractivity contribution in [3.63, 3.8) is 0 Å². The molecule has 12 rings (SSSR count). The summed E-state index contributed by atoms with van der Waals surface area (Å²) in [5.41, 5.74) is 12.5. The first-order valence-corrected chi connectivity index (χ1v) is 21.0. The summed E-state index contributed by atoms with van der Waals surface area (Å²) in [7, 11) is 0. The first kappa shape index (κ1) is 35.6. The molecule has 0 amide bonds. The lowest BCUT2D eigenvalue weighted by molar-refractivity contribution is 1.18. The molecular formula is C58H36N4. The molecule has 4 heteroatoms. The summed E-state index contributed by atoms with van der Waals surface area (Å²) in [4.78, 5) is 21.5. The highest BCUT2D eigenvalue weighted by Gasteiger charge is 2.19. The molecule has 12 aromatic rings. The van der Waals surface area contributed by atoms with Gasteiger partial charge in [-0.05, 0) is 84.9 Å². The van der Waals surface area contributed by atoms with Crippen molar-refractivity contribution in [3.05, 3.63) is 219 Å². The van der Waals surface area contributed by atoms with Gasteiger partial charge < -0.3 is 0 Å². The van der Waals surface area contributed by atoms with Crippen molar-refractivity contribution in [2.24, 2.45) is 0 Å². The SMILES string of the molecule is c1ccc(-c2cc(-c3ccccc3-c3ccccc3)nc(-c3cc(-c4cnc5c6ccccc6c6ccccc6c5n4)cc(-c4cc5ccccc5c5ccccc45)c3)n2)cc1. The van der Waals surface area contributed by atoms with Crippen LogP contribution in [0.3, 0.4) is 0 Å². The molecular weight excluding hydrogens is 753 g/mol. The lowest BCUT2D eigenvalue weighted by Crippen LogP contribution is -1.98. The molecule has 0 aliphatic rings. The molecule has 0 N–H and O–H groups in total. The van der Waals surface area contributed by atoms with Crippen LogP contribution in [0.4, 0.5) is 0 Å². The fourth-order valence-electron chi connectivity index (χ4n) is 9.16. The molecule has 0 aliphatic carbocycles. The van der Waals surface area contributed by atoms with Gasteiger partial charge in [-0.1, -0.05) is 182 Å². The van der Waals surface area contributed by atoms with Gasteiger partial charge in [-0.25, -0.2) is 15.0 Å². The minimum absolute atomic E-state index is 0.627. The van der Waals surface area contributed by atoms with Gasteiger partial charge >= 0.3 is 0 Å². The number of benzene rings is 10. The van der Waals surface area contributed by atoms with Crippen molar-refractivity contribution in [2.75, 3.05) is 0 Å². The maximum absolute atomic E-state index is 5.48. The number of rotatable bonds is 6. The van der Waals surface area contributed by atoms with Gasteiger partial charge in [0.1, 0.15) is 0 Å². The van der Waals surface area contributed by atoms with E-state index in [1.807, 2.05) is 12.3 Å². The van der Waals surface area contributed by atoms with Gasteiger partial charge in [0.2, 0.25) is 0 Å². The van der Waals surface area contributed by atoms with Crippen LogP contribution in [0.25, 0.3) is 122 Å². The van der Waals surface area contributed by atoms with Crippen molar-refractivity contribution in [2.45, 2.75) is 0 Å². The first-order chi connectivity index (χ1) is 30.7. The molecule has 0 aliphatic heterocycles. The van der Waals surface area contributed by atoms with Crippen molar-refractivity contribution in [1.29, 1.82) is 0 Å². The Hall–Kier alpha value is -8.34. The van der Waals surface area contributed by atoms with Crippen LogP contribution < -0.4 is 0 Å². The van der Waals surface area contributed by atoms with Crippen LogP contribution in [-0.4, -0.2) is 19.9 Å². The Kier molecular flexibility index (Phi) is 8.46. The summed E-state index contributed by atoms with van der Waals surface area (Å²) >= 11 is 0. The van der Waals surface area contributed by atoms with Crippen molar-refractivity contribution in [1.82, 2.24) is 19.9 Å². The summed E-state index contributed by atoms with van der Waals surface area (Å²) < 4.78 is 0. The zero-order valence-corrected chi connectivity index (χ0v) is 33.6. The summed E-state index contributed by atoms with van der Waals surface area (Å²) in [5, 5.41) is 9.28. The fraction of sp³-hybridized carbons (Fsp3) is 0. The number of aromatic nitrogens is 4. The van der Waals surface area contributed by atoms with Crippen molar-refractivity contribution < 1.29 is 0 Å². The zero-order chi connectivity index (χ0) is 41.0. The maximum atomic E-state index is 5.48. The topological polar surface area (TPSA) is 51.6 Å². The lowest BCUT2D eigenvalue weighted by Gasteiger charge is -2.16. The van der Waals surface area contributed by atoms with E-state index in [-0.39, 0.29) is 0 Å². The molecule has 0 saturated heterocycles. The molecule has 0 unspecified atom stereocenters. The second-order valence-electron chi connectivity index (χ2n) is 15.8. The van der Waals surface area contributed by atoms with E-state index in [9.17, 15) is 0 Å². The molecule has 0 fully saturated rings. The van der Waals surface area contributed by atoms with Gasteiger partial charge in [0.25, 0.3) is 0 Å². The van der Waals surface area contributed by atoms with Crippen LogP contribution >= 0.6 is 0 Å². The summed E-state index contributed by atoms with van der Waals surface area (Å²) in [6.07, 6.45) is 1.92. The van der Waals surface area contributed by atoms with Crippen molar-refractivity contribution in [3.8, 4) is 67.4 Å². The molecule has 4 nitrogen and oxygen atoms in total. The minimum Gasteiger partial charge on any atom is -0.252 e. The third kappa shape index (κ3) is 6.08. The average molecular weight is 789 g/mol. The largest absolute Gasteiger partial charge is 0.252 e. The summed E-state index contributed by atoms with van der Waals surface area (Å²) in [6.45, 7) is 0. The van der Waals surface area contributed by atoms with Gasteiger partial charge in [-0.3, -0.25) is 4.98 Å². The van der Waals surface area contributed by atoms with Crippen LogP contribution in [0, 0.1) is 0 Å². The van der Waals surface area contributed by atoms with Crippen LogP contribution in [-0.2, 0) is 0 Å². The van der Waals surface area contributed by atoms with E-state index in [0.717, 1.165) is 88.8 Å². The lowest BCUT2D eigenvalue weighted by atomic mass is 9.91. The molecule has 2 heterocycles. The number of nitrogens with zero attached hydrogens (tertiary/aromatic N) is 4. The molecule has 0 atom stereocenters. The van der Waals surface area contributed by atoms with Crippen LogP contribution in [0.1, 0.15) is 0 Å². The number of hydrogen-bond acceptors (Lipinski definition) is 4. The highest BCUT2D eigenvalue weighted by molar-refractivity contribution is 6.23. The minimum atomic E-state index is 0.627. The summed E-state index contributed by atoms with van der Waals surface area (Å²) in [6, 6.07) is 74.8. The smallest absolute Gasteiger partial charge is 0.160 e. The van der Waals surface area contributed by atoms with Crippen LogP contribution in [0.5, 0.6) is 0 Å². The highest BCUT2D eigenvalue weighted by atomic mass is 14.9. The normalized spacial score (nSPS) is 11.5. The van der Waals surface area contributed by atoms with Gasteiger partial charge in [0.05, 0.1) is 34.3 Å². The Labute approximate surface area is 358 Å². The molecule has 0 radical (unpaired) electrons. The van der Waals surface area contributed by atoms with E-state index in [4.69, 9.17) is 19.9 Å². The Morgan fingerprint density at radius 1 is 0.258 bits per heavy atom. The fourth-order valence-corrected chi connectivity index (χ4v) is 9.16. The van der Waals surface area contributed by atoms with Crippen molar-refractivity contribution >= 4 is 54.1 Å². The molecule has 0 spiro atoms. The molecule has 10 aromatic carbocycles. The van der Waals surface area contributed by atoms with Crippen LogP contribution in [0.2, 0.25) is 0 Å². The molecule has 2 aromatic heterocycles. The average Bonchev–Trinajstić information content (AvgIpc) is 3.36. The van der Waals surface area contributed by atoms with Gasteiger partial charge in [-0.2, -0.15) is 0 Å². The third-order valence-electron chi connectivity index (χ3n) is 12.1. The second-order valence-corrected chi connectivity index (χ2v) is 15.8. The Morgan fingerprint density at radius 2 is 0.774 bits per heavy atom. The quantitative estimate of drug-likeness (QED) is 0.158. The van der Waals surface area contributed by atoms with E-state index in [1.165, 1.54) is 26.9 Å². The van der Waals surface area contributed by atoms with E-state index in [2.05, 4.69) is 206 Å². The zero-order valence-electron chi connectivity index (χ0n) is 33.6. The molecule has 0 bridgehead atoms. The van der Waals surface area contributed by atoms with E-state index < -0.39 is 0 Å². The van der Waals surface area contributed by atoms with E-state index >= 15 is 0 Å². The Bertz CT molecular complexity index is 3660. The molecule has 288 valence electrons.